The first-order valence-electron chi connectivity index (χ1n) is 6.19. The normalized spacial score (nSPS) is 11.1. The maximum atomic E-state index is 11.4. The fraction of sp³-hybridized carbons (Fsp3) is 0.615. The van der Waals surface area contributed by atoms with Crippen LogP contribution in [0.15, 0.2) is 17.1 Å². The second kappa shape index (κ2) is 6.45. The number of unbranched alkanes of at least 4 members (excludes halogenated alkanes) is 1. The Morgan fingerprint density at radius 1 is 1.41 bits per heavy atom. The Balaban J connectivity index is 2.82. The van der Waals surface area contributed by atoms with Crippen LogP contribution in [0.2, 0.25) is 0 Å². The summed E-state index contributed by atoms with van der Waals surface area (Å²) >= 11 is 0. The minimum atomic E-state index is -0.298. The summed E-state index contributed by atoms with van der Waals surface area (Å²) in [5, 5.41) is 9.38. The van der Waals surface area contributed by atoms with Gasteiger partial charge in [-0.2, -0.15) is 0 Å². The van der Waals surface area contributed by atoms with Crippen LogP contribution in [-0.4, -0.2) is 28.2 Å². The Morgan fingerprint density at radius 2 is 2.12 bits per heavy atom. The van der Waals surface area contributed by atoms with Gasteiger partial charge >= 0.3 is 0 Å². The van der Waals surface area contributed by atoms with E-state index in [1.807, 2.05) is 18.5 Å². The Labute approximate surface area is 102 Å². The van der Waals surface area contributed by atoms with Crippen LogP contribution in [-0.2, 0) is 13.1 Å². The Bertz CT molecular complexity index is 412. The molecule has 1 aromatic rings. The molecule has 1 heterocycles. The monoisotopic (exact) mass is 238 g/mol. The topological polar surface area (TPSA) is 45.5 Å². The van der Waals surface area contributed by atoms with Gasteiger partial charge in [-0.25, -0.2) is 0 Å². The number of hydrogen-bond donors (Lipinski definition) is 1. The third-order valence-electron chi connectivity index (χ3n) is 2.86. The summed E-state index contributed by atoms with van der Waals surface area (Å²) in [6.07, 6.45) is 3.84. The molecule has 0 saturated carbocycles. The van der Waals surface area contributed by atoms with Crippen molar-refractivity contribution in [2.75, 3.05) is 13.6 Å². The predicted molar refractivity (Wildman–Crippen MR) is 69.3 cm³/mol. The van der Waals surface area contributed by atoms with Gasteiger partial charge in [-0.15, -0.1) is 0 Å². The van der Waals surface area contributed by atoms with Crippen molar-refractivity contribution in [1.29, 1.82) is 0 Å². The molecule has 0 spiro atoms. The summed E-state index contributed by atoms with van der Waals surface area (Å²) in [5.41, 5.74) is 0.655. The molecule has 0 amide bonds. The van der Waals surface area contributed by atoms with E-state index in [2.05, 4.69) is 11.8 Å². The van der Waals surface area contributed by atoms with Crippen molar-refractivity contribution < 1.29 is 5.11 Å². The first-order chi connectivity index (χ1) is 8.08. The van der Waals surface area contributed by atoms with Crippen molar-refractivity contribution in [3.8, 4) is 5.75 Å². The minimum absolute atomic E-state index is 0.174. The van der Waals surface area contributed by atoms with E-state index in [0.29, 0.717) is 0 Å². The zero-order valence-corrected chi connectivity index (χ0v) is 10.9. The molecule has 17 heavy (non-hydrogen) atoms. The third kappa shape index (κ3) is 3.89. The number of hydrogen-bond acceptors (Lipinski definition) is 3. The fourth-order valence-electron chi connectivity index (χ4n) is 1.82. The smallest absolute Gasteiger partial charge is 0.223 e. The zero-order chi connectivity index (χ0) is 12.8. The molecule has 1 rings (SSSR count). The summed E-state index contributed by atoms with van der Waals surface area (Å²) < 4.78 is 1.92. The molecular weight excluding hydrogens is 216 g/mol. The van der Waals surface area contributed by atoms with E-state index in [1.165, 1.54) is 18.7 Å². The molecule has 0 radical (unpaired) electrons. The van der Waals surface area contributed by atoms with Crippen molar-refractivity contribution in [1.82, 2.24) is 9.47 Å². The van der Waals surface area contributed by atoms with E-state index < -0.39 is 0 Å². The maximum Gasteiger partial charge on any atom is 0.223 e. The lowest BCUT2D eigenvalue weighted by Crippen LogP contribution is -2.23. The van der Waals surface area contributed by atoms with Crippen molar-refractivity contribution in [2.24, 2.45) is 0 Å². The molecule has 0 aliphatic carbocycles. The Kier molecular flexibility index (Phi) is 5.22. The highest BCUT2D eigenvalue weighted by atomic mass is 16.3. The van der Waals surface area contributed by atoms with Crippen LogP contribution in [0.3, 0.4) is 0 Å². The van der Waals surface area contributed by atoms with Crippen LogP contribution >= 0.6 is 0 Å². The lowest BCUT2D eigenvalue weighted by molar-refractivity contribution is 0.310. The number of rotatable bonds is 6. The predicted octanol–water partition coefficient (Wildman–Crippen LogP) is 1.81. The highest BCUT2D eigenvalue weighted by Gasteiger charge is 2.07. The standard InChI is InChI=1S/C13H22N2O2/c1-4-6-7-14(3)9-11-8-12(16)13(17)10-15(11)5-2/h8,10,17H,4-7,9H2,1-3H3. The van der Waals surface area contributed by atoms with Gasteiger partial charge in [0, 0.05) is 24.8 Å². The summed E-state index contributed by atoms with van der Waals surface area (Å²) in [5.74, 6) is -0.174. The number of aromatic hydroxyl groups is 1. The molecule has 0 bridgehead atoms. The number of pyridine rings is 1. The van der Waals surface area contributed by atoms with E-state index >= 15 is 0 Å². The van der Waals surface area contributed by atoms with E-state index in [9.17, 15) is 9.90 Å². The largest absolute Gasteiger partial charge is 0.503 e. The average molecular weight is 238 g/mol. The SMILES string of the molecule is CCCCN(C)Cc1cc(=O)c(O)cn1CC. The van der Waals surface area contributed by atoms with Crippen LogP contribution in [0, 0.1) is 0 Å². The second-order valence-electron chi connectivity index (χ2n) is 4.39. The fourth-order valence-corrected chi connectivity index (χ4v) is 1.82. The van der Waals surface area contributed by atoms with Gasteiger partial charge in [0.25, 0.3) is 0 Å². The van der Waals surface area contributed by atoms with Crippen LogP contribution in [0.5, 0.6) is 5.75 Å². The highest BCUT2D eigenvalue weighted by Crippen LogP contribution is 2.08. The number of aryl methyl sites for hydroxylation is 1. The molecule has 0 aliphatic heterocycles. The first-order valence-corrected chi connectivity index (χ1v) is 6.19. The van der Waals surface area contributed by atoms with Crippen LogP contribution in [0.4, 0.5) is 0 Å². The maximum absolute atomic E-state index is 11.4. The molecule has 96 valence electrons. The van der Waals surface area contributed by atoms with Crippen molar-refractivity contribution in [3.63, 3.8) is 0 Å². The lowest BCUT2D eigenvalue weighted by atomic mass is 10.2. The molecule has 0 fully saturated rings. The molecule has 4 nitrogen and oxygen atoms in total. The van der Waals surface area contributed by atoms with Gasteiger partial charge in [0.1, 0.15) is 0 Å². The molecule has 0 aliphatic rings. The molecule has 4 heteroatoms. The van der Waals surface area contributed by atoms with Crippen molar-refractivity contribution in [3.05, 3.63) is 28.2 Å². The van der Waals surface area contributed by atoms with E-state index in [0.717, 1.165) is 31.7 Å². The van der Waals surface area contributed by atoms with Crippen molar-refractivity contribution in [2.45, 2.75) is 39.8 Å². The summed E-state index contributed by atoms with van der Waals surface area (Å²) in [6, 6.07) is 1.53. The molecule has 0 atom stereocenters. The van der Waals surface area contributed by atoms with Crippen molar-refractivity contribution >= 4 is 0 Å². The molecule has 0 unspecified atom stereocenters. The quantitative estimate of drug-likeness (QED) is 0.822. The molecule has 1 aromatic heterocycles. The first kappa shape index (κ1) is 13.8. The molecular formula is C13H22N2O2. The summed E-state index contributed by atoms with van der Waals surface area (Å²) in [4.78, 5) is 13.6. The lowest BCUT2D eigenvalue weighted by Gasteiger charge is -2.19. The van der Waals surface area contributed by atoms with E-state index in [1.54, 1.807) is 0 Å². The number of nitrogens with zero attached hydrogens (tertiary/aromatic N) is 2. The molecule has 0 saturated heterocycles. The summed E-state index contributed by atoms with van der Waals surface area (Å²) in [6.45, 7) is 6.68. The highest BCUT2D eigenvalue weighted by molar-refractivity contribution is 5.20. The zero-order valence-electron chi connectivity index (χ0n) is 10.9. The van der Waals surface area contributed by atoms with E-state index in [4.69, 9.17) is 0 Å². The number of aromatic nitrogens is 1. The van der Waals surface area contributed by atoms with Gasteiger partial charge in [-0.1, -0.05) is 13.3 Å². The average Bonchev–Trinajstić information content (AvgIpc) is 2.31. The van der Waals surface area contributed by atoms with Gasteiger partial charge in [-0.05, 0) is 26.9 Å². The van der Waals surface area contributed by atoms with Gasteiger partial charge < -0.3 is 14.6 Å². The van der Waals surface area contributed by atoms with E-state index in [-0.39, 0.29) is 11.2 Å². The third-order valence-corrected chi connectivity index (χ3v) is 2.86. The molecule has 0 aromatic carbocycles. The minimum Gasteiger partial charge on any atom is -0.503 e. The second-order valence-corrected chi connectivity index (χ2v) is 4.39. The van der Waals surface area contributed by atoms with Gasteiger partial charge in [0.2, 0.25) is 5.43 Å². The van der Waals surface area contributed by atoms with Crippen LogP contribution in [0.1, 0.15) is 32.4 Å². The van der Waals surface area contributed by atoms with Gasteiger partial charge in [0.15, 0.2) is 5.75 Å². The molecule has 1 N–H and O–H groups in total. The Morgan fingerprint density at radius 3 is 2.71 bits per heavy atom. The summed E-state index contributed by atoms with van der Waals surface area (Å²) in [7, 11) is 2.05. The van der Waals surface area contributed by atoms with Gasteiger partial charge in [-0.3, -0.25) is 4.79 Å². The van der Waals surface area contributed by atoms with Crippen LogP contribution in [0.25, 0.3) is 0 Å². The Hall–Kier alpha value is -1.29. The van der Waals surface area contributed by atoms with Crippen LogP contribution < -0.4 is 5.43 Å². The van der Waals surface area contributed by atoms with Gasteiger partial charge in [0.05, 0.1) is 6.20 Å².